The maximum absolute atomic E-state index is 15.0. The largest absolute Gasteiger partial charge is 0.397 e. The summed E-state index contributed by atoms with van der Waals surface area (Å²) in [7, 11) is 0. The minimum Gasteiger partial charge on any atom is -0.397 e. The predicted molar refractivity (Wildman–Crippen MR) is 119 cm³/mol. The summed E-state index contributed by atoms with van der Waals surface area (Å²) in [6.07, 6.45) is 12.5. The van der Waals surface area contributed by atoms with Gasteiger partial charge in [0.1, 0.15) is 5.82 Å². The molecule has 1 aromatic carbocycles. The standard InChI is InChI=1S/C21H12Cl2FN7O/c1-2-11-8-26-10-18(25)19(11)14-6-15(22)13(7-17(14)24)21(32)30-12-5-16(23)20(27-9-12)31-28-3-4-29-31/h1,3-10H,25H2,(H,30,32). The van der Waals surface area contributed by atoms with E-state index in [4.69, 9.17) is 35.4 Å². The van der Waals surface area contributed by atoms with Crippen molar-refractivity contribution in [3.05, 3.63) is 76.2 Å². The zero-order valence-corrected chi connectivity index (χ0v) is 17.6. The lowest BCUT2D eigenvalue weighted by Gasteiger charge is -2.13. The van der Waals surface area contributed by atoms with Gasteiger partial charge in [0, 0.05) is 17.3 Å². The molecule has 0 bridgehead atoms. The second-order valence-electron chi connectivity index (χ2n) is 6.41. The third-order valence-corrected chi connectivity index (χ3v) is 4.98. The van der Waals surface area contributed by atoms with Gasteiger partial charge >= 0.3 is 0 Å². The van der Waals surface area contributed by atoms with Gasteiger partial charge < -0.3 is 11.1 Å². The minimum absolute atomic E-state index is 0.00509. The van der Waals surface area contributed by atoms with Crippen LogP contribution in [0.15, 0.2) is 49.2 Å². The third kappa shape index (κ3) is 3.97. The highest BCUT2D eigenvalue weighted by molar-refractivity contribution is 6.35. The average molecular weight is 468 g/mol. The van der Waals surface area contributed by atoms with E-state index in [1.165, 1.54) is 47.9 Å². The molecule has 4 rings (SSSR count). The molecule has 0 aliphatic carbocycles. The molecule has 0 fully saturated rings. The maximum atomic E-state index is 15.0. The van der Waals surface area contributed by atoms with Gasteiger partial charge in [0.2, 0.25) is 0 Å². The summed E-state index contributed by atoms with van der Waals surface area (Å²) in [6, 6.07) is 3.75. The Morgan fingerprint density at radius 1 is 1.12 bits per heavy atom. The van der Waals surface area contributed by atoms with E-state index in [0.717, 1.165) is 6.07 Å². The number of anilines is 2. The van der Waals surface area contributed by atoms with Gasteiger partial charge in [-0.15, -0.1) is 11.2 Å². The molecular weight excluding hydrogens is 456 g/mol. The fourth-order valence-corrected chi connectivity index (χ4v) is 3.46. The van der Waals surface area contributed by atoms with Gasteiger partial charge in [0.05, 0.1) is 57.3 Å². The van der Waals surface area contributed by atoms with Crippen molar-refractivity contribution in [2.45, 2.75) is 0 Å². The summed E-state index contributed by atoms with van der Waals surface area (Å²) in [4.78, 5) is 22.0. The van der Waals surface area contributed by atoms with Crippen LogP contribution in [0, 0.1) is 18.2 Å². The lowest BCUT2D eigenvalue weighted by atomic mass is 9.98. The van der Waals surface area contributed by atoms with Crippen LogP contribution in [0.2, 0.25) is 10.0 Å². The van der Waals surface area contributed by atoms with Crippen LogP contribution in [0.25, 0.3) is 16.9 Å². The highest BCUT2D eigenvalue weighted by atomic mass is 35.5. The Labute approximate surface area is 191 Å². The SMILES string of the molecule is C#Cc1cncc(N)c1-c1cc(Cl)c(C(=O)Nc2cnc(-n3nccn3)c(Cl)c2)cc1F. The first-order valence-corrected chi connectivity index (χ1v) is 9.67. The predicted octanol–water partition coefficient (Wildman–Crippen LogP) is 3.99. The molecule has 32 heavy (non-hydrogen) atoms. The number of nitrogens with two attached hydrogens (primary N) is 1. The number of benzene rings is 1. The molecule has 0 atom stereocenters. The second kappa shape index (κ2) is 8.63. The van der Waals surface area contributed by atoms with E-state index in [9.17, 15) is 9.18 Å². The normalized spacial score (nSPS) is 10.6. The molecule has 3 aromatic heterocycles. The van der Waals surface area contributed by atoms with Gasteiger partial charge in [-0.3, -0.25) is 9.78 Å². The van der Waals surface area contributed by atoms with Crippen LogP contribution in [0.1, 0.15) is 15.9 Å². The second-order valence-corrected chi connectivity index (χ2v) is 7.22. The zero-order chi connectivity index (χ0) is 22.8. The van der Waals surface area contributed by atoms with Crippen LogP contribution in [-0.2, 0) is 0 Å². The smallest absolute Gasteiger partial charge is 0.257 e. The summed E-state index contributed by atoms with van der Waals surface area (Å²) in [5.41, 5.74) is 6.90. The van der Waals surface area contributed by atoms with Crippen LogP contribution in [0.3, 0.4) is 0 Å². The van der Waals surface area contributed by atoms with Gasteiger partial charge in [-0.1, -0.05) is 29.1 Å². The Balaban J connectivity index is 1.64. The molecule has 0 aliphatic heterocycles. The van der Waals surface area contributed by atoms with Crippen LogP contribution in [0.5, 0.6) is 0 Å². The number of terminal acetylenes is 1. The van der Waals surface area contributed by atoms with E-state index in [1.54, 1.807) is 0 Å². The average Bonchev–Trinajstić information content (AvgIpc) is 3.29. The highest BCUT2D eigenvalue weighted by Gasteiger charge is 2.20. The number of hydrogen-bond acceptors (Lipinski definition) is 6. The third-order valence-electron chi connectivity index (χ3n) is 4.39. The molecule has 0 aliphatic rings. The fraction of sp³-hybridized carbons (Fsp3) is 0. The molecule has 0 saturated heterocycles. The number of nitrogens with one attached hydrogen (secondary N) is 1. The lowest BCUT2D eigenvalue weighted by Crippen LogP contribution is -2.14. The Hall–Kier alpha value is -4.00. The number of nitrogen functional groups attached to an aromatic ring is 1. The molecular formula is C21H12Cl2FN7O. The topological polar surface area (TPSA) is 112 Å². The van der Waals surface area contributed by atoms with E-state index in [1.807, 2.05) is 0 Å². The van der Waals surface area contributed by atoms with Crippen molar-refractivity contribution in [3.8, 4) is 29.3 Å². The van der Waals surface area contributed by atoms with E-state index < -0.39 is 11.7 Å². The Bertz CT molecular complexity index is 1380. The molecule has 3 N–H and O–H groups in total. The van der Waals surface area contributed by atoms with Gasteiger partial charge in [-0.2, -0.15) is 10.2 Å². The van der Waals surface area contributed by atoms with Crippen molar-refractivity contribution >= 4 is 40.5 Å². The van der Waals surface area contributed by atoms with E-state index in [2.05, 4.69) is 31.4 Å². The van der Waals surface area contributed by atoms with Crippen molar-refractivity contribution in [1.82, 2.24) is 25.0 Å². The first-order valence-electron chi connectivity index (χ1n) is 8.92. The number of carbonyl (C=O) groups is 1. The molecule has 158 valence electrons. The summed E-state index contributed by atoms with van der Waals surface area (Å²) < 4.78 is 15.0. The Morgan fingerprint density at radius 3 is 2.56 bits per heavy atom. The van der Waals surface area contributed by atoms with E-state index in [-0.39, 0.29) is 43.9 Å². The van der Waals surface area contributed by atoms with Crippen LogP contribution in [-0.4, -0.2) is 30.9 Å². The summed E-state index contributed by atoms with van der Waals surface area (Å²) >= 11 is 12.5. The number of pyridine rings is 2. The Kier molecular flexibility index (Phi) is 5.73. The van der Waals surface area contributed by atoms with Crippen molar-refractivity contribution in [2.75, 3.05) is 11.1 Å². The molecule has 0 saturated carbocycles. The Morgan fingerprint density at radius 2 is 1.88 bits per heavy atom. The van der Waals surface area contributed by atoms with Crippen molar-refractivity contribution in [1.29, 1.82) is 0 Å². The molecule has 1 amide bonds. The van der Waals surface area contributed by atoms with Gasteiger partial charge in [0.25, 0.3) is 5.91 Å². The summed E-state index contributed by atoms with van der Waals surface area (Å²) in [5.74, 6) is 1.29. The fourth-order valence-electron chi connectivity index (χ4n) is 2.97. The molecule has 0 unspecified atom stereocenters. The van der Waals surface area contributed by atoms with Crippen molar-refractivity contribution in [3.63, 3.8) is 0 Å². The maximum Gasteiger partial charge on any atom is 0.257 e. The monoisotopic (exact) mass is 467 g/mol. The van der Waals surface area contributed by atoms with Crippen molar-refractivity contribution < 1.29 is 9.18 Å². The zero-order valence-electron chi connectivity index (χ0n) is 16.1. The highest BCUT2D eigenvalue weighted by Crippen LogP contribution is 2.34. The quantitative estimate of drug-likeness (QED) is 0.439. The van der Waals surface area contributed by atoms with Crippen molar-refractivity contribution in [2.24, 2.45) is 0 Å². The number of aromatic nitrogens is 5. The number of carbonyl (C=O) groups excluding carboxylic acids is 1. The number of nitrogens with zero attached hydrogens (tertiary/aromatic N) is 5. The molecule has 0 spiro atoms. The summed E-state index contributed by atoms with van der Waals surface area (Å²) in [6.45, 7) is 0. The first-order chi connectivity index (χ1) is 15.4. The number of halogens is 3. The van der Waals surface area contributed by atoms with Gasteiger partial charge in [-0.05, 0) is 18.2 Å². The van der Waals surface area contributed by atoms with E-state index >= 15 is 0 Å². The van der Waals surface area contributed by atoms with Gasteiger partial charge in [-0.25, -0.2) is 9.37 Å². The lowest BCUT2D eigenvalue weighted by molar-refractivity contribution is 0.102. The minimum atomic E-state index is -0.731. The van der Waals surface area contributed by atoms with Crippen LogP contribution in [0.4, 0.5) is 15.8 Å². The van der Waals surface area contributed by atoms with E-state index in [0.29, 0.717) is 5.56 Å². The number of hydrogen-bond donors (Lipinski definition) is 2. The van der Waals surface area contributed by atoms with Gasteiger partial charge in [0.15, 0.2) is 5.82 Å². The molecule has 3 heterocycles. The molecule has 8 nitrogen and oxygen atoms in total. The van der Waals surface area contributed by atoms with Crippen LogP contribution >= 0.6 is 23.2 Å². The van der Waals surface area contributed by atoms with Crippen LogP contribution < -0.4 is 11.1 Å². The molecule has 0 radical (unpaired) electrons. The molecule has 4 aromatic rings. The molecule has 11 heteroatoms. The first kappa shape index (κ1) is 21.2. The number of rotatable bonds is 4. The summed E-state index contributed by atoms with van der Waals surface area (Å²) in [5, 5.41) is 10.7. The number of amides is 1.